The molecule has 0 saturated heterocycles. The van der Waals surface area contributed by atoms with Crippen LogP contribution in [-0.2, 0) is 6.54 Å². The molecule has 2 aromatic carbocycles. The molecular weight excluding hydrogens is 378 g/mol. The van der Waals surface area contributed by atoms with E-state index in [1.807, 2.05) is 49.4 Å². The van der Waals surface area contributed by atoms with Crippen LogP contribution in [0.2, 0.25) is 0 Å². The number of benzene rings is 2. The predicted molar refractivity (Wildman–Crippen MR) is 106 cm³/mol. The largest absolute Gasteiger partial charge is 0.497 e. The summed E-state index contributed by atoms with van der Waals surface area (Å²) in [6.07, 6.45) is 2.20. The summed E-state index contributed by atoms with van der Waals surface area (Å²) in [7, 11) is 1.63. The van der Waals surface area contributed by atoms with E-state index in [1.54, 1.807) is 7.11 Å². The summed E-state index contributed by atoms with van der Waals surface area (Å²) in [5, 5.41) is 2.03. The van der Waals surface area contributed by atoms with Crippen LogP contribution >= 0.6 is 15.9 Å². The standard InChI is InChI=1S/C21H22BrNO2/c1-15-20(21(24)16-9-11-17(25-2)12-10-16)18-7-3-4-8-19(18)23(15)14-6-5-13-22/h3-4,7-12H,5-6,13-14H2,1-2H3. The normalized spacial score (nSPS) is 11.0. The highest BCUT2D eigenvalue weighted by Gasteiger charge is 2.20. The zero-order valence-electron chi connectivity index (χ0n) is 14.6. The molecule has 0 N–H and O–H groups in total. The van der Waals surface area contributed by atoms with Crippen LogP contribution in [-0.4, -0.2) is 22.8 Å². The Bertz CT molecular complexity index is 881. The molecule has 0 amide bonds. The third-order valence-corrected chi connectivity index (χ3v) is 5.14. The SMILES string of the molecule is COc1ccc(C(=O)c2c(C)n(CCCCBr)c3ccccc23)cc1. The van der Waals surface area contributed by atoms with Crippen LogP contribution in [0.3, 0.4) is 0 Å². The fourth-order valence-electron chi connectivity index (χ4n) is 3.26. The number of halogens is 1. The van der Waals surface area contributed by atoms with Gasteiger partial charge in [-0.2, -0.15) is 0 Å². The summed E-state index contributed by atoms with van der Waals surface area (Å²) >= 11 is 3.49. The highest BCUT2D eigenvalue weighted by Crippen LogP contribution is 2.29. The van der Waals surface area contributed by atoms with Crippen LogP contribution in [0.4, 0.5) is 0 Å². The van der Waals surface area contributed by atoms with Crippen LogP contribution in [0.25, 0.3) is 10.9 Å². The van der Waals surface area contributed by atoms with Crippen LogP contribution in [0.5, 0.6) is 5.75 Å². The Kier molecular flexibility index (Phi) is 5.59. The van der Waals surface area contributed by atoms with E-state index in [-0.39, 0.29) is 5.78 Å². The van der Waals surface area contributed by atoms with Crippen molar-refractivity contribution in [3.05, 3.63) is 65.4 Å². The lowest BCUT2D eigenvalue weighted by Gasteiger charge is -2.08. The summed E-state index contributed by atoms with van der Waals surface area (Å²) in [5.41, 5.74) is 3.66. The van der Waals surface area contributed by atoms with E-state index < -0.39 is 0 Å². The second kappa shape index (κ2) is 7.87. The van der Waals surface area contributed by atoms with Gasteiger partial charge in [-0.1, -0.05) is 34.1 Å². The molecule has 1 heterocycles. The number of unbranched alkanes of at least 4 members (excludes halogenated alkanes) is 1. The first-order chi connectivity index (χ1) is 12.2. The Morgan fingerprint density at radius 1 is 1.08 bits per heavy atom. The first kappa shape index (κ1) is 17.7. The second-order valence-electron chi connectivity index (χ2n) is 6.08. The van der Waals surface area contributed by atoms with Gasteiger partial charge in [0.05, 0.1) is 12.7 Å². The molecule has 0 unspecified atom stereocenters. The van der Waals surface area contributed by atoms with Crippen molar-refractivity contribution in [2.75, 3.05) is 12.4 Å². The lowest BCUT2D eigenvalue weighted by molar-refractivity contribution is 0.103. The molecule has 0 bridgehead atoms. The van der Waals surface area contributed by atoms with Gasteiger partial charge in [0, 0.05) is 34.0 Å². The quantitative estimate of drug-likeness (QED) is 0.304. The van der Waals surface area contributed by atoms with E-state index in [0.29, 0.717) is 5.56 Å². The Labute approximate surface area is 156 Å². The molecule has 4 heteroatoms. The number of carbonyl (C=O) groups is 1. The zero-order chi connectivity index (χ0) is 17.8. The van der Waals surface area contributed by atoms with E-state index >= 15 is 0 Å². The molecule has 25 heavy (non-hydrogen) atoms. The van der Waals surface area contributed by atoms with Gasteiger partial charge in [0.2, 0.25) is 0 Å². The van der Waals surface area contributed by atoms with Gasteiger partial charge in [-0.15, -0.1) is 0 Å². The van der Waals surface area contributed by atoms with Gasteiger partial charge in [-0.05, 0) is 50.1 Å². The first-order valence-corrected chi connectivity index (χ1v) is 9.62. The molecule has 0 aliphatic carbocycles. The number of rotatable bonds is 7. The molecule has 0 aliphatic rings. The van der Waals surface area contributed by atoms with Crippen molar-refractivity contribution in [1.29, 1.82) is 0 Å². The third-order valence-electron chi connectivity index (χ3n) is 4.58. The zero-order valence-corrected chi connectivity index (χ0v) is 16.2. The molecule has 0 radical (unpaired) electrons. The number of nitrogens with zero attached hydrogens (tertiary/aromatic N) is 1. The highest BCUT2D eigenvalue weighted by atomic mass is 79.9. The number of para-hydroxylation sites is 1. The number of alkyl halides is 1. The number of ketones is 1. The molecule has 0 fully saturated rings. The van der Waals surface area contributed by atoms with Gasteiger partial charge in [0.25, 0.3) is 0 Å². The molecule has 3 rings (SSSR count). The second-order valence-corrected chi connectivity index (χ2v) is 6.88. The van der Waals surface area contributed by atoms with Gasteiger partial charge < -0.3 is 9.30 Å². The van der Waals surface area contributed by atoms with Crippen LogP contribution in [0.1, 0.15) is 34.5 Å². The van der Waals surface area contributed by atoms with E-state index in [4.69, 9.17) is 4.74 Å². The Hall–Kier alpha value is -2.07. The number of methoxy groups -OCH3 is 1. The van der Waals surface area contributed by atoms with Crippen molar-refractivity contribution in [2.24, 2.45) is 0 Å². The number of aryl methyl sites for hydroxylation is 1. The number of fused-ring (bicyclic) bond motifs is 1. The maximum atomic E-state index is 13.2. The summed E-state index contributed by atoms with van der Waals surface area (Å²) in [4.78, 5) is 13.2. The maximum Gasteiger partial charge on any atom is 0.195 e. The average Bonchev–Trinajstić information content (AvgIpc) is 2.93. The Morgan fingerprint density at radius 3 is 2.48 bits per heavy atom. The summed E-state index contributed by atoms with van der Waals surface area (Å²) in [6.45, 7) is 2.97. The third kappa shape index (κ3) is 3.49. The highest BCUT2D eigenvalue weighted by molar-refractivity contribution is 9.09. The van der Waals surface area contributed by atoms with E-state index in [9.17, 15) is 4.79 Å². The van der Waals surface area contributed by atoms with E-state index in [2.05, 4.69) is 26.6 Å². The van der Waals surface area contributed by atoms with Gasteiger partial charge in [0.1, 0.15) is 5.75 Å². The average molecular weight is 400 g/mol. The lowest BCUT2D eigenvalue weighted by atomic mass is 10.0. The summed E-state index contributed by atoms with van der Waals surface area (Å²) in [5.74, 6) is 0.820. The van der Waals surface area contributed by atoms with Crippen LogP contribution < -0.4 is 4.74 Å². The minimum Gasteiger partial charge on any atom is -0.497 e. The van der Waals surface area contributed by atoms with Gasteiger partial charge >= 0.3 is 0 Å². The number of hydrogen-bond donors (Lipinski definition) is 0. The van der Waals surface area contributed by atoms with Gasteiger partial charge in [-0.25, -0.2) is 0 Å². The fourth-order valence-corrected chi connectivity index (χ4v) is 3.65. The molecule has 0 spiro atoms. The van der Waals surface area contributed by atoms with Crippen molar-refractivity contribution < 1.29 is 9.53 Å². The Balaban J connectivity index is 2.05. The van der Waals surface area contributed by atoms with Crippen molar-refractivity contribution in [3.8, 4) is 5.75 Å². The van der Waals surface area contributed by atoms with Crippen molar-refractivity contribution >= 4 is 32.6 Å². The summed E-state index contributed by atoms with van der Waals surface area (Å²) < 4.78 is 7.46. The molecule has 1 aromatic heterocycles. The Morgan fingerprint density at radius 2 is 1.80 bits per heavy atom. The molecular formula is C21H22BrNO2. The molecule has 130 valence electrons. The molecule has 0 saturated carbocycles. The van der Waals surface area contributed by atoms with Crippen molar-refractivity contribution in [2.45, 2.75) is 26.3 Å². The molecule has 0 aliphatic heterocycles. The van der Waals surface area contributed by atoms with Crippen LogP contribution in [0.15, 0.2) is 48.5 Å². The van der Waals surface area contributed by atoms with Crippen molar-refractivity contribution in [3.63, 3.8) is 0 Å². The first-order valence-electron chi connectivity index (χ1n) is 8.50. The number of aromatic nitrogens is 1. The smallest absolute Gasteiger partial charge is 0.195 e. The van der Waals surface area contributed by atoms with Crippen LogP contribution in [0, 0.1) is 6.92 Å². The topological polar surface area (TPSA) is 31.2 Å². The van der Waals surface area contributed by atoms with Gasteiger partial charge in [-0.3, -0.25) is 4.79 Å². The van der Waals surface area contributed by atoms with E-state index in [0.717, 1.165) is 52.6 Å². The molecule has 0 atom stereocenters. The minimum absolute atomic E-state index is 0.0654. The fraction of sp³-hybridized carbons (Fsp3) is 0.286. The maximum absolute atomic E-state index is 13.2. The number of carbonyl (C=O) groups excluding carboxylic acids is 1. The number of ether oxygens (including phenoxy) is 1. The lowest BCUT2D eigenvalue weighted by Crippen LogP contribution is -2.06. The predicted octanol–water partition coefficient (Wildman–Crippen LogP) is 5.36. The minimum atomic E-state index is 0.0654. The summed E-state index contributed by atoms with van der Waals surface area (Å²) in [6, 6.07) is 15.5. The molecule has 3 aromatic rings. The van der Waals surface area contributed by atoms with E-state index in [1.165, 1.54) is 0 Å². The number of hydrogen-bond acceptors (Lipinski definition) is 2. The van der Waals surface area contributed by atoms with Gasteiger partial charge in [0.15, 0.2) is 5.78 Å². The monoisotopic (exact) mass is 399 g/mol. The van der Waals surface area contributed by atoms with Crippen molar-refractivity contribution in [1.82, 2.24) is 4.57 Å². The molecule has 3 nitrogen and oxygen atoms in total.